The van der Waals surface area contributed by atoms with Gasteiger partial charge in [0.25, 0.3) is 0 Å². The molecule has 1 saturated heterocycles. The minimum Gasteiger partial charge on any atom is -0.481 e. The van der Waals surface area contributed by atoms with Crippen molar-refractivity contribution in [3.63, 3.8) is 0 Å². The molecule has 11 rings (SSSR count). The first kappa shape index (κ1) is 34.9. The van der Waals surface area contributed by atoms with Gasteiger partial charge in [0.15, 0.2) is 0 Å². The lowest BCUT2D eigenvalue weighted by atomic mass is 9.85. The van der Waals surface area contributed by atoms with Crippen LogP contribution < -0.4 is 10.6 Å². The lowest BCUT2D eigenvalue weighted by molar-refractivity contribution is -0.142. The monoisotopic (exact) mass is 794 g/mol. The molecule has 3 aliphatic rings. The van der Waals surface area contributed by atoms with Crippen LogP contribution in [0.1, 0.15) is 33.7 Å². The van der Waals surface area contributed by atoms with Crippen molar-refractivity contribution in [2.75, 3.05) is 23.7 Å². The molecule has 15 nitrogen and oxygen atoms in total. The summed E-state index contributed by atoms with van der Waals surface area (Å²) in [6.45, 7) is 1.15. The van der Waals surface area contributed by atoms with E-state index in [1.165, 1.54) is 16.0 Å². The summed E-state index contributed by atoms with van der Waals surface area (Å²) < 4.78 is 3.63. The second-order valence-electron chi connectivity index (χ2n) is 14.6. The number of aliphatic carboxylic acids is 1. The number of carboxylic acids is 1. The van der Waals surface area contributed by atoms with Crippen molar-refractivity contribution < 1.29 is 14.7 Å². The standard InChI is InChI=1S/C22H19N7OS.C18H15N5O2S/c23-9-13-10-28(11-13)22(30)14-1-2-17-18(7-14)31-21-19(17)20(24-12-25-21)27-15-4-6-29-16(8-15)3-5-26-29;24-18(25)10-1-2-13-14(7-10)26-17-15(13)16(19-9-20-17)22-11-4-6-23-12(8-11)3-5-21-23/h3-6,8,12-14H,1-2,7,10-11H2,(H,24,25,27);3-6,8-10H,1-2,7H2,(H,24,25)(H,19,20,22)/t14-;10-/m00/s1. The number of amides is 1. The molecule has 1 amide bonds. The number of carboxylic acid groups (broad SMARTS) is 1. The van der Waals surface area contributed by atoms with Crippen LogP contribution in [0.15, 0.2) is 73.8 Å². The molecule has 0 aromatic carbocycles. The maximum absolute atomic E-state index is 12.8. The van der Waals surface area contributed by atoms with Crippen molar-refractivity contribution in [3.8, 4) is 6.07 Å². The van der Waals surface area contributed by atoms with Gasteiger partial charge in [-0.2, -0.15) is 15.5 Å². The molecule has 8 aromatic heterocycles. The third-order valence-electron chi connectivity index (χ3n) is 11.1. The lowest BCUT2D eigenvalue weighted by Gasteiger charge is -2.38. The number of pyridine rings is 2. The van der Waals surface area contributed by atoms with E-state index in [0.29, 0.717) is 25.9 Å². The van der Waals surface area contributed by atoms with Crippen LogP contribution in [-0.4, -0.2) is 74.1 Å². The minimum absolute atomic E-state index is 0.00175. The van der Waals surface area contributed by atoms with Gasteiger partial charge in [-0.3, -0.25) is 9.59 Å². The topological polar surface area (TPSA) is 192 Å². The highest BCUT2D eigenvalue weighted by molar-refractivity contribution is 7.19. The Morgan fingerprint density at radius 1 is 0.754 bits per heavy atom. The molecule has 1 fully saturated rings. The molecular formula is C40H34N12O3S2. The van der Waals surface area contributed by atoms with Crippen LogP contribution in [0, 0.1) is 29.1 Å². The molecule has 0 bridgehead atoms. The first-order valence-corrected chi connectivity index (χ1v) is 20.3. The Morgan fingerprint density at radius 2 is 1.28 bits per heavy atom. The van der Waals surface area contributed by atoms with Crippen molar-refractivity contribution in [3.05, 3.63) is 94.7 Å². The first-order valence-electron chi connectivity index (χ1n) is 18.7. The van der Waals surface area contributed by atoms with Crippen LogP contribution in [-0.2, 0) is 35.3 Å². The fraction of sp³-hybridized carbons (Fsp3) is 0.275. The predicted molar refractivity (Wildman–Crippen MR) is 216 cm³/mol. The maximum Gasteiger partial charge on any atom is 0.306 e. The number of nitrogens with zero attached hydrogens (tertiary/aromatic N) is 10. The predicted octanol–water partition coefficient (Wildman–Crippen LogP) is 6.44. The normalized spacial score (nSPS) is 17.7. The third kappa shape index (κ3) is 6.46. The number of aryl methyl sites for hydroxylation is 2. The van der Waals surface area contributed by atoms with Gasteiger partial charge >= 0.3 is 5.97 Å². The van der Waals surface area contributed by atoms with Gasteiger partial charge in [0.2, 0.25) is 5.91 Å². The van der Waals surface area contributed by atoms with Gasteiger partial charge in [-0.1, -0.05) is 0 Å². The molecule has 2 aliphatic carbocycles. The summed E-state index contributed by atoms with van der Waals surface area (Å²) in [6, 6.07) is 14.1. The van der Waals surface area contributed by atoms with Crippen LogP contribution in [0.3, 0.4) is 0 Å². The van der Waals surface area contributed by atoms with E-state index in [0.717, 1.165) is 85.0 Å². The summed E-state index contributed by atoms with van der Waals surface area (Å²) in [5.74, 6) is 0.733. The van der Waals surface area contributed by atoms with Crippen LogP contribution in [0.2, 0.25) is 0 Å². The fourth-order valence-electron chi connectivity index (χ4n) is 8.10. The molecule has 57 heavy (non-hydrogen) atoms. The Labute approximate surface area is 332 Å². The Hall–Kier alpha value is -6.51. The molecule has 0 radical (unpaired) electrons. The molecule has 2 atom stereocenters. The van der Waals surface area contributed by atoms with Gasteiger partial charge in [0.05, 0.1) is 39.7 Å². The van der Waals surface area contributed by atoms with Crippen molar-refractivity contribution in [2.45, 2.75) is 38.5 Å². The average molecular weight is 795 g/mol. The Balaban J connectivity index is 0.000000141. The summed E-state index contributed by atoms with van der Waals surface area (Å²) in [7, 11) is 0. The van der Waals surface area contributed by atoms with E-state index in [-0.39, 0.29) is 23.7 Å². The number of fused-ring (bicyclic) bond motifs is 8. The maximum atomic E-state index is 12.8. The van der Waals surface area contributed by atoms with E-state index in [4.69, 9.17) is 5.26 Å². The second kappa shape index (κ2) is 14.2. The molecule has 0 saturated carbocycles. The number of aromatic nitrogens is 8. The summed E-state index contributed by atoms with van der Waals surface area (Å²) in [5.41, 5.74) is 6.33. The number of hydrogen-bond donors (Lipinski definition) is 3. The number of nitriles is 1. The quantitative estimate of drug-likeness (QED) is 0.167. The van der Waals surface area contributed by atoms with Crippen molar-refractivity contribution in [1.82, 2.24) is 44.1 Å². The Kier molecular flexibility index (Phi) is 8.71. The molecule has 0 spiro atoms. The highest BCUT2D eigenvalue weighted by Gasteiger charge is 2.37. The van der Waals surface area contributed by atoms with Crippen LogP contribution in [0.5, 0.6) is 0 Å². The Morgan fingerprint density at radius 3 is 1.81 bits per heavy atom. The molecule has 284 valence electrons. The highest BCUT2D eigenvalue weighted by atomic mass is 32.1. The minimum atomic E-state index is -0.716. The zero-order valence-electron chi connectivity index (χ0n) is 30.4. The van der Waals surface area contributed by atoms with Crippen LogP contribution in [0.25, 0.3) is 31.5 Å². The summed E-state index contributed by atoms with van der Waals surface area (Å²) in [6.07, 6.45) is 14.9. The number of nitrogens with one attached hydrogen (secondary N) is 2. The number of carbonyl (C=O) groups excluding carboxylic acids is 1. The second-order valence-corrected chi connectivity index (χ2v) is 16.7. The van der Waals surface area contributed by atoms with Gasteiger partial charge < -0.3 is 20.6 Å². The molecule has 8 aromatic rings. The van der Waals surface area contributed by atoms with Crippen LogP contribution >= 0.6 is 22.7 Å². The SMILES string of the molecule is N#CC1CN(C(=O)[C@H]2CCc3c(sc4ncnc(Nc5ccn6nccc6c5)c34)C2)C1.O=C(O)[C@H]1CCc2c(sc3ncnc(Nc4ccn5nccc5c4)c23)C1. The van der Waals surface area contributed by atoms with Gasteiger partial charge in [0.1, 0.15) is 34.0 Å². The number of thiophene rings is 2. The molecule has 0 unspecified atom stereocenters. The van der Waals surface area contributed by atoms with Crippen LogP contribution in [0.4, 0.5) is 23.0 Å². The zero-order valence-corrected chi connectivity index (χ0v) is 32.0. The Bertz CT molecular complexity index is 2900. The van der Waals surface area contributed by atoms with Crippen molar-refractivity contribution in [2.24, 2.45) is 17.8 Å². The van der Waals surface area contributed by atoms with E-state index in [9.17, 15) is 14.7 Å². The number of carbonyl (C=O) groups is 2. The molecule has 1 aliphatic heterocycles. The van der Waals surface area contributed by atoms with Gasteiger partial charge in [-0.05, 0) is 86.1 Å². The summed E-state index contributed by atoms with van der Waals surface area (Å²) in [4.78, 5) is 48.1. The number of rotatable bonds is 6. The van der Waals surface area contributed by atoms with Gasteiger partial charge in [-0.15, -0.1) is 22.7 Å². The first-order chi connectivity index (χ1) is 27.9. The number of hydrogen-bond acceptors (Lipinski definition) is 13. The van der Waals surface area contributed by atoms with Crippen molar-refractivity contribution in [1.29, 1.82) is 5.26 Å². The fourth-order valence-corrected chi connectivity index (χ4v) is 10.6. The highest BCUT2D eigenvalue weighted by Crippen LogP contribution is 2.42. The molecular weight excluding hydrogens is 761 g/mol. The van der Waals surface area contributed by atoms with Gasteiger partial charge in [-0.25, -0.2) is 29.0 Å². The third-order valence-corrected chi connectivity index (χ3v) is 13.4. The average Bonchev–Trinajstić information content (AvgIpc) is 4.01. The molecule has 9 heterocycles. The van der Waals surface area contributed by atoms with E-state index < -0.39 is 5.97 Å². The number of likely N-dealkylation sites (tertiary alicyclic amines) is 1. The zero-order chi connectivity index (χ0) is 38.6. The van der Waals surface area contributed by atoms with E-state index in [2.05, 4.69) is 46.8 Å². The van der Waals surface area contributed by atoms with E-state index in [1.807, 2.05) is 58.2 Å². The summed E-state index contributed by atoms with van der Waals surface area (Å²) in [5, 5.41) is 35.7. The lowest BCUT2D eigenvalue weighted by Crippen LogP contribution is -2.52. The van der Waals surface area contributed by atoms with E-state index in [1.54, 1.807) is 52.2 Å². The molecule has 17 heteroatoms. The van der Waals surface area contributed by atoms with Gasteiger partial charge in [0, 0.05) is 64.9 Å². The smallest absolute Gasteiger partial charge is 0.306 e. The van der Waals surface area contributed by atoms with E-state index >= 15 is 0 Å². The van der Waals surface area contributed by atoms with Crippen molar-refractivity contribution >= 4 is 89.0 Å². The largest absolute Gasteiger partial charge is 0.481 e. The molecule has 3 N–H and O–H groups in total. The number of anilines is 4. The summed E-state index contributed by atoms with van der Waals surface area (Å²) >= 11 is 3.24.